The van der Waals surface area contributed by atoms with Crippen LogP contribution in [0.3, 0.4) is 0 Å². The van der Waals surface area contributed by atoms with Gasteiger partial charge in [0.1, 0.15) is 0 Å². The van der Waals surface area contributed by atoms with Crippen molar-refractivity contribution < 1.29 is 14.3 Å². The third-order valence-electron chi connectivity index (χ3n) is 4.33. The summed E-state index contributed by atoms with van der Waals surface area (Å²) in [4.78, 5) is 24.3. The lowest BCUT2D eigenvalue weighted by atomic mass is 10.0. The van der Waals surface area contributed by atoms with Crippen LogP contribution in [0.2, 0.25) is 0 Å². The Kier molecular flexibility index (Phi) is 6.94. The molecule has 0 fully saturated rings. The molecule has 4 nitrogen and oxygen atoms in total. The number of anilines is 1. The molecule has 0 aliphatic rings. The zero-order valence-corrected chi connectivity index (χ0v) is 16.6. The fourth-order valence-electron chi connectivity index (χ4n) is 2.53. The van der Waals surface area contributed by atoms with Crippen LogP contribution in [0.4, 0.5) is 5.69 Å². The lowest BCUT2D eigenvalue weighted by molar-refractivity contribution is -0.148. The van der Waals surface area contributed by atoms with E-state index in [2.05, 4.69) is 19.2 Å². The Morgan fingerprint density at radius 3 is 2.30 bits per heavy atom. The summed E-state index contributed by atoms with van der Waals surface area (Å²) in [5.41, 5.74) is 4.88. The number of esters is 1. The Morgan fingerprint density at radius 2 is 1.67 bits per heavy atom. The number of nitrogens with one attached hydrogen (secondary N) is 1. The van der Waals surface area contributed by atoms with Crippen molar-refractivity contribution in [1.29, 1.82) is 0 Å². The fraction of sp³-hybridized carbons (Fsp3) is 0.304. The van der Waals surface area contributed by atoms with E-state index in [1.54, 1.807) is 13.0 Å². The van der Waals surface area contributed by atoms with Gasteiger partial charge in [0.15, 0.2) is 6.10 Å². The molecule has 0 unspecified atom stereocenters. The minimum absolute atomic E-state index is 0.355. The predicted octanol–water partition coefficient (Wildman–Crippen LogP) is 5.01. The molecule has 4 heteroatoms. The number of amides is 1. The van der Waals surface area contributed by atoms with Gasteiger partial charge in [0.25, 0.3) is 5.91 Å². The Bertz CT molecular complexity index is 835. The van der Waals surface area contributed by atoms with E-state index in [4.69, 9.17) is 4.74 Å². The van der Waals surface area contributed by atoms with Crippen LogP contribution < -0.4 is 5.32 Å². The van der Waals surface area contributed by atoms with Gasteiger partial charge < -0.3 is 10.1 Å². The summed E-state index contributed by atoms with van der Waals surface area (Å²) < 4.78 is 5.20. The minimum Gasteiger partial charge on any atom is -0.449 e. The molecule has 0 saturated carbocycles. The Hall–Kier alpha value is -2.88. The number of carbonyl (C=O) groups excluding carboxylic acids is 2. The molecule has 2 aromatic rings. The standard InChI is InChI=1S/C23H27NO3/c1-15(2)20-11-8-19(9-12-20)10-13-22(25)27-18(5)23(26)24-21-14-16(3)6-7-17(21)4/h6-15,18H,1-5H3,(H,24,26)/b13-10+/t18-/m0/s1. The third-order valence-corrected chi connectivity index (χ3v) is 4.33. The van der Waals surface area contributed by atoms with Gasteiger partial charge in [-0.3, -0.25) is 4.79 Å². The highest BCUT2D eigenvalue weighted by Crippen LogP contribution is 2.17. The van der Waals surface area contributed by atoms with Gasteiger partial charge in [0.05, 0.1) is 0 Å². The van der Waals surface area contributed by atoms with Gasteiger partial charge in [0, 0.05) is 11.8 Å². The zero-order valence-electron chi connectivity index (χ0n) is 16.6. The van der Waals surface area contributed by atoms with Crippen LogP contribution in [0, 0.1) is 13.8 Å². The number of ether oxygens (including phenoxy) is 1. The number of carbonyl (C=O) groups is 2. The summed E-state index contributed by atoms with van der Waals surface area (Å²) in [6.45, 7) is 9.69. The lowest BCUT2D eigenvalue weighted by Crippen LogP contribution is -2.29. The largest absolute Gasteiger partial charge is 0.449 e. The molecule has 1 N–H and O–H groups in total. The van der Waals surface area contributed by atoms with Crippen molar-refractivity contribution in [3.8, 4) is 0 Å². The van der Waals surface area contributed by atoms with Gasteiger partial charge in [-0.1, -0.05) is 50.2 Å². The lowest BCUT2D eigenvalue weighted by Gasteiger charge is -2.14. The second kappa shape index (κ2) is 9.17. The van der Waals surface area contributed by atoms with Crippen molar-refractivity contribution in [2.24, 2.45) is 0 Å². The molecule has 142 valence electrons. The van der Waals surface area contributed by atoms with Gasteiger partial charge in [-0.05, 0) is 61.1 Å². The summed E-state index contributed by atoms with van der Waals surface area (Å²) in [6, 6.07) is 13.8. The highest BCUT2D eigenvalue weighted by Gasteiger charge is 2.17. The summed E-state index contributed by atoms with van der Waals surface area (Å²) in [7, 11) is 0. The van der Waals surface area contributed by atoms with Crippen molar-refractivity contribution in [3.05, 3.63) is 70.8 Å². The first kappa shape index (κ1) is 20.4. The van der Waals surface area contributed by atoms with Gasteiger partial charge in [-0.15, -0.1) is 0 Å². The molecule has 27 heavy (non-hydrogen) atoms. The average Bonchev–Trinajstić information content (AvgIpc) is 2.63. The highest BCUT2D eigenvalue weighted by molar-refractivity contribution is 5.97. The van der Waals surface area contributed by atoms with Crippen molar-refractivity contribution in [2.45, 2.75) is 46.6 Å². The van der Waals surface area contributed by atoms with Crippen molar-refractivity contribution >= 4 is 23.6 Å². The van der Waals surface area contributed by atoms with Crippen LogP contribution in [-0.4, -0.2) is 18.0 Å². The van der Waals surface area contributed by atoms with Crippen LogP contribution in [0.15, 0.2) is 48.5 Å². The molecule has 0 aliphatic carbocycles. The van der Waals surface area contributed by atoms with Crippen LogP contribution in [0.25, 0.3) is 6.08 Å². The maximum atomic E-state index is 12.3. The van der Waals surface area contributed by atoms with E-state index in [0.29, 0.717) is 5.92 Å². The SMILES string of the molecule is Cc1ccc(C)c(NC(=O)[C@H](C)OC(=O)/C=C/c2ccc(C(C)C)cc2)c1. The zero-order chi connectivity index (χ0) is 20.0. The highest BCUT2D eigenvalue weighted by atomic mass is 16.5. The molecular formula is C23H27NO3. The van der Waals surface area contributed by atoms with Crippen molar-refractivity contribution in [2.75, 3.05) is 5.32 Å². The van der Waals surface area contributed by atoms with Gasteiger partial charge in [0.2, 0.25) is 0 Å². The molecule has 0 bridgehead atoms. The molecule has 0 radical (unpaired) electrons. The molecule has 1 amide bonds. The van der Waals surface area contributed by atoms with Crippen molar-refractivity contribution in [1.82, 2.24) is 0 Å². The first-order valence-electron chi connectivity index (χ1n) is 9.13. The minimum atomic E-state index is -0.884. The van der Waals surface area contributed by atoms with Crippen LogP contribution in [0.5, 0.6) is 0 Å². The molecule has 0 spiro atoms. The van der Waals surface area contributed by atoms with E-state index in [1.165, 1.54) is 11.6 Å². The summed E-state index contributed by atoms with van der Waals surface area (Å²) in [6.07, 6.45) is 2.14. The van der Waals surface area contributed by atoms with Crippen molar-refractivity contribution in [3.63, 3.8) is 0 Å². The molecule has 0 saturated heterocycles. The Labute approximate surface area is 161 Å². The van der Waals surface area contributed by atoms with E-state index < -0.39 is 12.1 Å². The maximum absolute atomic E-state index is 12.3. The molecule has 0 aliphatic heterocycles. The van der Waals surface area contributed by atoms with E-state index in [0.717, 1.165) is 22.4 Å². The average molecular weight is 365 g/mol. The molecular weight excluding hydrogens is 338 g/mol. The Morgan fingerprint density at radius 1 is 1.00 bits per heavy atom. The van der Waals surface area contributed by atoms with Crippen LogP contribution >= 0.6 is 0 Å². The van der Waals surface area contributed by atoms with Crippen LogP contribution in [-0.2, 0) is 14.3 Å². The number of benzene rings is 2. The normalized spacial score (nSPS) is 12.2. The first-order chi connectivity index (χ1) is 12.8. The van der Waals surface area contributed by atoms with E-state index in [1.807, 2.05) is 56.3 Å². The number of hydrogen-bond acceptors (Lipinski definition) is 3. The monoisotopic (exact) mass is 365 g/mol. The van der Waals surface area contributed by atoms with E-state index in [-0.39, 0.29) is 5.91 Å². The predicted molar refractivity (Wildman–Crippen MR) is 110 cm³/mol. The van der Waals surface area contributed by atoms with E-state index >= 15 is 0 Å². The Balaban J connectivity index is 1.92. The smallest absolute Gasteiger partial charge is 0.331 e. The topological polar surface area (TPSA) is 55.4 Å². The number of hydrogen-bond donors (Lipinski definition) is 1. The second-order valence-corrected chi connectivity index (χ2v) is 7.04. The van der Waals surface area contributed by atoms with Gasteiger partial charge in [-0.2, -0.15) is 0 Å². The number of rotatable bonds is 6. The number of aryl methyl sites for hydroxylation is 2. The molecule has 2 aromatic carbocycles. The quantitative estimate of drug-likeness (QED) is 0.578. The second-order valence-electron chi connectivity index (χ2n) is 7.04. The molecule has 2 rings (SSSR count). The van der Waals surface area contributed by atoms with Gasteiger partial charge in [-0.25, -0.2) is 4.79 Å². The molecule has 0 aromatic heterocycles. The summed E-state index contributed by atoms with van der Waals surface area (Å²) in [5, 5.41) is 2.81. The first-order valence-corrected chi connectivity index (χ1v) is 9.13. The molecule has 0 heterocycles. The fourth-order valence-corrected chi connectivity index (χ4v) is 2.53. The summed E-state index contributed by atoms with van der Waals surface area (Å²) >= 11 is 0. The molecule has 1 atom stereocenters. The summed E-state index contributed by atoms with van der Waals surface area (Å²) in [5.74, 6) is -0.442. The van der Waals surface area contributed by atoms with Gasteiger partial charge >= 0.3 is 5.97 Å². The van der Waals surface area contributed by atoms with E-state index in [9.17, 15) is 9.59 Å². The van der Waals surface area contributed by atoms with Crippen LogP contribution in [0.1, 0.15) is 48.9 Å². The third kappa shape index (κ3) is 6.10. The maximum Gasteiger partial charge on any atom is 0.331 e.